The van der Waals surface area contributed by atoms with Gasteiger partial charge in [-0.05, 0) is 46.5 Å². The third kappa shape index (κ3) is 3.36. The highest BCUT2D eigenvalue weighted by Gasteiger charge is 2.22. The van der Waals surface area contributed by atoms with Crippen LogP contribution in [0.1, 0.15) is 34.7 Å². The fraction of sp³-hybridized carbons (Fsp3) is 0.643. The lowest BCUT2D eigenvalue weighted by atomic mass is 10.2. The highest BCUT2D eigenvalue weighted by molar-refractivity contribution is 5.88. The van der Waals surface area contributed by atoms with Gasteiger partial charge in [-0.2, -0.15) is 0 Å². The third-order valence-electron chi connectivity index (χ3n) is 3.82. The Morgan fingerprint density at radius 3 is 2.89 bits per heavy atom. The monoisotopic (exact) mass is 266 g/mol. The van der Waals surface area contributed by atoms with Crippen LogP contribution in [-0.4, -0.2) is 54.1 Å². The molecule has 1 aliphatic rings. The van der Waals surface area contributed by atoms with E-state index < -0.39 is 5.97 Å². The number of hydrogen-bond donors (Lipinski definition) is 1. The Kier molecular flexibility index (Phi) is 4.27. The van der Waals surface area contributed by atoms with Gasteiger partial charge in [0.15, 0.2) is 0 Å². The molecule has 5 nitrogen and oxygen atoms in total. The number of aromatic carboxylic acids is 1. The summed E-state index contributed by atoms with van der Waals surface area (Å²) >= 11 is 0. The molecule has 1 aliphatic heterocycles. The number of carboxylic acid groups (broad SMARTS) is 1. The number of likely N-dealkylation sites (tertiary alicyclic amines) is 1. The molecule has 5 heteroatoms. The summed E-state index contributed by atoms with van der Waals surface area (Å²) < 4.78 is 5.50. The average molecular weight is 266 g/mol. The molecule has 106 valence electrons. The van der Waals surface area contributed by atoms with Gasteiger partial charge < -0.3 is 14.4 Å². The summed E-state index contributed by atoms with van der Waals surface area (Å²) in [6, 6.07) is 2.23. The first-order valence-corrected chi connectivity index (χ1v) is 6.68. The first-order valence-electron chi connectivity index (χ1n) is 6.68. The van der Waals surface area contributed by atoms with E-state index in [9.17, 15) is 4.79 Å². The molecule has 0 saturated carbocycles. The van der Waals surface area contributed by atoms with Gasteiger partial charge in [-0.1, -0.05) is 0 Å². The third-order valence-corrected chi connectivity index (χ3v) is 3.82. The molecule has 1 atom stereocenters. The van der Waals surface area contributed by atoms with Crippen LogP contribution >= 0.6 is 0 Å². The summed E-state index contributed by atoms with van der Waals surface area (Å²) in [7, 11) is 4.20. The maximum Gasteiger partial charge on any atom is 0.339 e. The lowest BCUT2D eigenvalue weighted by Gasteiger charge is -2.25. The molecule has 1 aromatic rings. The van der Waals surface area contributed by atoms with Crippen molar-refractivity contribution in [3.05, 3.63) is 23.2 Å². The maximum atomic E-state index is 11.0. The number of rotatable bonds is 5. The minimum Gasteiger partial charge on any atom is -0.478 e. The zero-order valence-corrected chi connectivity index (χ0v) is 11.8. The molecule has 2 heterocycles. The van der Waals surface area contributed by atoms with Crippen molar-refractivity contribution in [3.63, 3.8) is 0 Å². The molecule has 1 aromatic heterocycles. The topological polar surface area (TPSA) is 56.9 Å². The number of aryl methyl sites for hydroxylation is 1. The Hall–Kier alpha value is -1.33. The van der Waals surface area contributed by atoms with E-state index in [1.165, 1.54) is 19.4 Å². The van der Waals surface area contributed by atoms with E-state index in [1.54, 1.807) is 13.0 Å². The van der Waals surface area contributed by atoms with Gasteiger partial charge >= 0.3 is 5.97 Å². The molecule has 2 rings (SSSR count). The van der Waals surface area contributed by atoms with Crippen LogP contribution in [0.5, 0.6) is 0 Å². The van der Waals surface area contributed by atoms with Crippen LogP contribution in [0.15, 0.2) is 10.5 Å². The van der Waals surface area contributed by atoms with Crippen molar-refractivity contribution in [2.24, 2.45) is 0 Å². The van der Waals surface area contributed by atoms with Crippen molar-refractivity contribution < 1.29 is 14.3 Å². The molecule has 0 radical (unpaired) electrons. The Bertz CT molecular complexity index is 456. The maximum absolute atomic E-state index is 11.0. The Morgan fingerprint density at radius 2 is 2.37 bits per heavy atom. The molecule has 1 saturated heterocycles. The van der Waals surface area contributed by atoms with E-state index in [1.807, 2.05) is 7.05 Å². The molecule has 19 heavy (non-hydrogen) atoms. The minimum absolute atomic E-state index is 0.265. The molecular weight excluding hydrogens is 244 g/mol. The highest BCUT2D eigenvalue weighted by Crippen LogP contribution is 2.19. The van der Waals surface area contributed by atoms with Gasteiger partial charge in [-0.3, -0.25) is 4.90 Å². The minimum atomic E-state index is -0.925. The second-order valence-electron chi connectivity index (χ2n) is 5.46. The lowest BCUT2D eigenvalue weighted by Crippen LogP contribution is -2.36. The number of carbonyl (C=O) groups is 1. The molecule has 0 bridgehead atoms. The summed E-state index contributed by atoms with van der Waals surface area (Å²) in [6.07, 6.45) is 2.50. The molecular formula is C14H22N2O3. The van der Waals surface area contributed by atoms with Gasteiger partial charge in [0.05, 0.1) is 6.54 Å². The molecule has 0 amide bonds. The smallest absolute Gasteiger partial charge is 0.339 e. The van der Waals surface area contributed by atoms with E-state index in [2.05, 4.69) is 16.8 Å². The average Bonchev–Trinajstić information content (AvgIpc) is 2.86. The fourth-order valence-corrected chi connectivity index (χ4v) is 2.73. The summed E-state index contributed by atoms with van der Waals surface area (Å²) in [5.41, 5.74) is 0.265. The number of carboxylic acids is 1. The first-order chi connectivity index (χ1) is 8.97. The predicted octanol–water partition coefficient (Wildman–Crippen LogP) is 1.81. The zero-order valence-electron chi connectivity index (χ0n) is 11.8. The second-order valence-corrected chi connectivity index (χ2v) is 5.46. The van der Waals surface area contributed by atoms with E-state index in [0.717, 1.165) is 12.3 Å². The van der Waals surface area contributed by atoms with Gasteiger partial charge in [0.25, 0.3) is 0 Å². The number of nitrogens with zero attached hydrogens (tertiary/aromatic N) is 2. The predicted molar refractivity (Wildman–Crippen MR) is 72.4 cm³/mol. The van der Waals surface area contributed by atoms with Crippen LogP contribution in [0.25, 0.3) is 0 Å². The van der Waals surface area contributed by atoms with Gasteiger partial charge in [0, 0.05) is 12.6 Å². The normalized spacial score (nSPS) is 20.3. The van der Waals surface area contributed by atoms with Crippen LogP contribution in [0, 0.1) is 6.92 Å². The van der Waals surface area contributed by atoms with E-state index >= 15 is 0 Å². The van der Waals surface area contributed by atoms with Crippen LogP contribution in [-0.2, 0) is 6.54 Å². The summed E-state index contributed by atoms with van der Waals surface area (Å²) in [5, 5.41) is 9.00. The molecule has 0 spiro atoms. The zero-order chi connectivity index (χ0) is 14.0. The lowest BCUT2D eigenvalue weighted by molar-refractivity contribution is 0.0695. The first kappa shape index (κ1) is 14.1. The van der Waals surface area contributed by atoms with E-state index in [4.69, 9.17) is 9.52 Å². The van der Waals surface area contributed by atoms with Crippen molar-refractivity contribution in [3.8, 4) is 0 Å². The van der Waals surface area contributed by atoms with Gasteiger partial charge in [-0.25, -0.2) is 4.79 Å². The fourth-order valence-electron chi connectivity index (χ4n) is 2.73. The van der Waals surface area contributed by atoms with Crippen LogP contribution in [0.3, 0.4) is 0 Å². The van der Waals surface area contributed by atoms with E-state index in [0.29, 0.717) is 18.3 Å². The van der Waals surface area contributed by atoms with E-state index in [-0.39, 0.29) is 5.56 Å². The van der Waals surface area contributed by atoms with Crippen molar-refractivity contribution in [1.29, 1.82) is 0 Å². The van der Waals surface area contributed by atoms with Crippen molar-refractivity contribution in [2.75, 3.05) is 27.2 Å². The van der Waals surface area contributed by atoms with Crippen molar-refractivity contribution >= 4 is 5.97 Å². The number of hydrogen-bond acceptors (Lipinski definition) is 4. The molecule has 1 unspecified atom stereocenters. The Balaban J connectivity index is 1.93. The van der Waals surface area contributed by atoms with Crippen LogP contribution < -0.4 is 0 Å². The summed E-state index contributed by atoms with van der Waals surface area (Å²) in [6.45, 7) is 4.50. The van der Waals surface area contributed by atoms with Crippen LogP contribution in [0.4, 0.5) is 0 Å². The van der Waals surface area contributed by atoms with Crippen molar-refractivity contribution in [1.82, 2.24) is 9.80 Å². The van der Waals surface area contributed by atoms with Crippen LogP contribution in [0.2, 0.25) is 0 Å². The SMILES string of the molecule is Cc1oc(CN(C)CC2CCCN2C)cc1C(=O)O. The summed E-state index contributed by atoms with van der Waals surface area (Å²) in [5.74, 6) is 0.276. The summed E-state index contributed by atoms with van der Waals surface area (Å²) in [4.78, 5) is 15.5. The van der Waals surface area contributed by atoms with Gasteiger partial charge in [0.2, 0.25) is 0 Å². The largest absolute Gasteiger partial charge is 0.478 e. The molecule has 0 aliphatic carbocycles. The molecule has 1 fully saturated rings. The highest BCUT2D eigenvalue weighted by atomic mass is 16.4. The second kappa shape index (κ2) is 5.75. The van der Waals surface area contributed by atoms with Gasteiger partial charge in [-0.15, -0.1) is 0 Å². The number of likely N-dealkylation sites (N-methyl/N-ethyl adjacent to an activating group) is 2. The Morgan fingerprint density at radius 1 is 1.63 bits per heavy atom. The van der Waals surface area contributed by atoms with Crippen molar-refractivity contribution in [2.45, 2.75) is 32.4 Å². The Labute approximate surface area is 113 Å². The standard InChI is InChI=1S/C14H22N2O3/c1-10-13(14(17)18)7-12(19-10)9-15(2)8-11-5-4-6-16(11)3/h7,11H,4-6,8-9H2,1-3H3,(H,17,18). The quantitative estimate of drug-likeness (QED) is 0.881. The van der Waals surface area contributed by atoms with Gasteiger partial charge in [0.1, 0.15) is 17.1 Å². The number of furan rings is 1. The molecule has 0 aromatic carbocycles. The molecule has 1 N–H and O–H groups in total.